The summed E-state index contributed by atoms with van der Waals surface area (Å²) in [6.07, 6.45) is 0.851. The van der Waals surface area contributed by atoms with Gasteiger partial charge in [0.25, 0.3) is 5.91 Å². The predicted octanol–water partition coefficient (Wildman–Crippen LogP) is 4.69. The first kappa shape index (κ1) is 22.1. The lowest BCUT2D eigenvalue weighted by molar-refractivity contribution is 0.0986. The fourth-order valence-corrected chi connectivity index (χ4v) is 4.15. The van der Waals surface area contributed by atoms with Crippen LogP contribution < -0.4 is 14.4 Å². The van der Waals surface area contributed by atoms with E-state index in [4.69, 9.17) is 14.5 Å². The molecule has 0 aliphatic rings. The number of aromatic nitrogens is 1. The number of para-hydroxylation sites is 1. The molecule has 2 aromatic carbocycles. The molecule has 0 saturated heterocycles. The fourth-order valence-electron chi connectivity index (χ4n) is 3.14. The van der Waals surface area contributed by atoms with Crippen LogP contribution in [0.15, 0.2) is 42.5 Å². The number of carbonyl (C=O) groups is 1. The zero-order valence-corrected chi connectivity index (χ0v) is 18.9. The Morgan fingerprint density at radius 3 is 2.40 bits per heavy atom. The van der Waals surface area contributed by atoms with E-state index in [1.54, 1.807) is 4.90 Å². The number of amides is 1. The summed E-state index contributed by atoms with van der Waals surface area (Å²) < 4.78 is 12.2. The largest absolute Gasteiger partial charge is 0.494 e. The van der Waals surface area contributed by atoms with E-state index in [0.29, 0.717) is 30.5 Å². The third-order valence-corrected chi connectivity index (χ3v) is 5.59. The van der Waals surface area contributed by atoms with Crippen LogP contribution in [0.25, 0.3) is 10.2 Å². The predicted molar refractivity (Wildman–Crippen MR) is 123 cm³/mol. The first-order valence-corrected chi connectivity index (χ1v) is 11.1. The minimum Gasteiger partial charge on any atom is -0.494 e. The normalized spacial score (nSPS) is 11.1. The van der Waals surface area contributed by atoms with Gasteiger partial charge in [-0.2, -0.15) is 0 Å². The highest BCUT2D eigenvalue weighted by atomic mass is 32.1. The Bertz CT molecular complexity index is 969. The van der Waals surface area contributed by atoms with Gasteiger partial charge in [-0.05, 0) is 77.3 Å². The molecule has 1 aromatic heterocycles. The van der Waals surface area contributed by atoms with Gasteiger partial charge in [0.1, 0.15) is 17.0 Å². The van der Waals surface area contributed by atoms with Crippen LogP contribution >= 0.6 is 11.3 Å². The number of nitrogens with zero attached hydrogens (tertiary/aromatic N) is 3. The van der Waals surface area contributed by atoms with Crippen molar-refractivity contribution in [2.75, 3.05) is 45.3 Å². The van der Waals surface area contributed by atoms with E-state index in [9.17, 15) is 4.79 Å². The Balaban J connectivity index is 1.92. The summed E-state index contributed by atoms with van der Waals surface area (Å²) in [5.41, 5.74) is 1.42. The summed E-state index contributed by atoms with van der Waals surface area (Å²) in [6, 6.07) is 13.2. The van der Waals surface area contributed by atoms with Gasteiger partial charge in [-0.25, -0.2) is 4.98 Å². The van der Waals surface area contributed by atoms with Gasteiger partial charge < -0.3 is 14.4 Å². The van der Waals surface area contributed by atoms with Crippen LogP contribution in [0.1, 0.15) is 30.6 Å². The lowest BCUT2D eigenvalue weighted by atomic mass is 10.2. The fraction of sp³-hybridized carbons (Fsp3) is 0.391. The van der Waals surface area contributed by atoms with Crippen LogP contribution in [-0.2, 0) is 0 Å². The van der Waals surface area contributed by atoms with E-state index in [0.717, 1.165) is 34.7 Å². The van der Waals surface area contributed by atoms with Crippen molar-refractivity contribution in [1.29, 1.82) is 0 Å². The average molecular weight is 428 g/mol. The lowest BCUT2D eigenvalue weighted by Crippen LogP contribution is -2.33. The number of rotatable bonds is 10. The molecule has 0 bridgehead atoms. The number of fused-ring (bicyclic) bond motifs is 1. The van der Waals surface area contributed by atoms with Gasteiger partial charge in [0.15, 0.2) is 5.13 Å². The summed E-state index contributed by atoms with van der Waals surface area (Å²) in [7, 11) is 4.06. The number of thiazole rings is 1. The van der Waals surface area contributed by atoms with Crippen LogP contribution in [0.4, 0.5) is 5.13 Å². The van der Waals surface area contributed by atoms with Crippen molar-refractivity contribution in [2.24, 2.45) is 0 Å². The molecule has 30 heavy (non-hydrogen) atoms. The van der Waals surface area contributed by atoms with Crippen LogP contribution in [-0.4, -0.2) is 56.2 Å². The van der Waals surface area contributed by atoms with Gasteiger partial charge in [-0.1, -0.05) is 17.4 Å². The maximum absolute atomic E-state index is 13.4. The molecule has 3 rings (SSSR count). The van der Waals surface area contributed by atoms with Crippen LogP contribution in [0, 0.1) is 0 Å². The Labute approximate surface area is 182 Å². The third-order valence-electron chi connectivity index (χ3n) is 4.55. The molecule has 0 radical (unpaired) electrons. The van der Waals surface area contributed by atoms with E-state index >= 15 is 0 Å². The highest BCUT2D eigenvalue weighted by molar-refractivity contribution is 7.22. The molecule has 0 aliphatic heterocycles. The minimum atomic E-state index is -0.0613. The highest BCUT2D eigenvalue weighted by Gasteiger charge is 2.22. The van der Waals surface area contributed by atoms with Gasteiger partial charge in [0.05, 0.1) is 17.9 Å². The van der Waals surface area contributed by atoms with Gasteiger partial charge in [-0.3, -0.25) is 9.69 Å². The van der Waals surface area contributed by atoms with Crippen molar-refractivity contribution in [3.63, 3.8) is 0 Å². The average Bonchev–Trinajstić information content (AvgIpc) is 3.16. The topological polar surface area (TPSA) is 54.9 Å². The third kappa shape index (κ3) is 5.29. The number of benzene rings is 2. The molecular formula is C23H29N3O3S. The second-order valence-electron chi connectivity index (χ2n) is 7.10. The summed E-state index contributed by atoms with van der Waals surface area (Å²) >= 11 is 1.51. The molecule has 0 N–H and O–H groups in total. The van der Waals surface area contributed by atoms with E-state index < -0.39 is 0 Å². The molecule has 0 unspecified atom stereocenters. The second-order valence-corrected chi connectivity index (χ2v) is 8.11. The maximum atomic E-state index is 13.4. The van der Waals surface area contributed by atoms with E-state index in [-0.39, 0.29) is 5.91 Å². The molecule has 1 heterocycles. The molecule has 3 aromatic rings. The molecule has 1 amide bonds. The van der Waals surface area contributed by atoms with Crippen molar-refractivity contribution < 1.29 is 14.3 Å². The van der Waals surface area contributed by atoms with Gasteiger partial charge in [0, 0.05) is 12.1 Å². The molecule has 160 valence electrons. The Kier molecular flexibility index (Phi) is 7.65. The Hall–Kier alpha value is -2.64. The number of anilines is 1. The Morgan fingerprint density at radius 2 is 1.73 bits per heavy atom. The smallest absolute Gasteiger partial charge is 0.260 e. The van der Waals surface area contributed by atoms with Gasteiger partial charge >= 0.3 is 0 Å². The Morgan fingerprint density at radius 1 is 1.00 bits per heavy atom. The van der Waals surface area contributed by atoms with Crippen LogP contribution in [0.3, 0.4) is 0 Å². The standard InChI is InChI=1S/C23H29N3O3S/c1-5-28-18-13-11-17(12-14-18)22(27)26(16-8-15-25(3)4)23-24-21-19(29-6-2)9-7-10-20(21)30-23/h7,9-14H,5-6,8,15-16H2,1-4H3. The van der Waals surface area contributed by atoms with E-state index in [1.165, 1.54) is 11.3 Å². The summed E-state index contributed by atoms with van der Waals surface area (Å²) in [5, 5.41) is 0.690. The monoisotopic (exact) mass is 427 g/mol. The zero-order chi connectivity index (χ0) is 21.5. The zero-order valence-electron chi connectivity index (χ0n) is 18.1. The molecule has 7 heteroatoms. The van der Waals surface area contributed by atoms with Crippen molar-refractivity contribution in [3.8, 4) is 11.5 Å². The highest BCUT2D eigenvalue weighted by Crippen LogP contribution is 2.35. The molecule has 0 saturated carbocycles. The van der Waals surface area contributed by atoms with E-state index in [1.807, 2.05) is 70.4 Å². The maximum Gasteiger partial charge on any atom is 0.260 e. The first-order chi connectivity index (χ1) is 14.5. The summed E-state index contributed by atoms with van der Waals surface area (Å²) in [5.74, 6) is 1.45. The molecule has 6 nitrogen and oxygen atoms in total. The lowest BCUT2D eigenvalue weighted by Gasteiger charge is -2.21. The number of hydrogen-bond acceptors (Lipinski definition) is 6. The van der Waals surface area contributed by atoms with Crippen molar-refractivity contribution in [1.82, 2.24) is 9.88 Å². The van der Waals surface area contributed by atoms with Crippen molar-refractivity contribution >= 4 is 32.6 Å². The van der Waals surface area contributed by atoms with Gasteiger partial charge in [0.2, 0.25) is 0 Å². The molecule has 0 atom stereocenters. The molecular weight excluding hydrogens is 398 g/mol. The number of ether oxygens (including phenoxy) is 2. The molecule has 0 aliphatic carbocycles. The summed E-state index contributed by atoms with van der Waals surface area (Å²) in [4.78, 5) is 22.1. The number of hydrogen-bond donors (Lipinski definition) is 0. The molecule has 0 spiro atoms. The van der Waals surface area contributed by atoms with Crippen LogP contribution in [0.5, 0.6) is 11.5 Å². The minimum absolute atomic E-state index is 0.0613. The van der Waals surface area contributed by atoms with Crippen molar-refractivity contribution in [3.05, 3.63) is 48.0 Å². The van der Waals surface area contributed by atoms with Gasteiger partial charge in [-0.15, -0.1) is 0 Å². The second kappa shape index (κ2) is 10.4. The number of carbonyl (C=O) groups excluding carboxylic acids is 1. The molecule has 0 fully saturated rings. The van der Waals surface area contributed by atoms with E-state index in [2.05, 4.69) is 4.90 Å². The SMILES string of the molecule is CCOc1ccc(C(=O)N(CCCN(C)C)c2nc3c(OCC)cccc3s2)cc1. The first-order valence-electron chi connectivity index (χ1n) is 10.2. The van der Waals surface area contributed by atoms with Crippen molar-refractivity contribution in [2.45, 2.75) is 20.3 Å². The quantitative estimate of drug-likeness (QED) is 0.470. The van der Waals surface area contributed by atoms with Crippen LogP contribution in [0.2, 0.25) is 0 Å². The summed E-state index contributed by atoms with van der Waals surface area (Å²) in [6.45, 7) is 6.54.